The molecular formula is C20H25BrN2O2S. The van der Waals surface area contributed by atoms with Gasteiger partial charge in [-0.05, 0) is 50.1 Å². The Kier molecular flexibility index (Phi) is 6.17. The Labute approximate surface area is 165 Å². The minimum atomic E-state index is -3.45. The number of benzene rings is 2. The van der Waals surface area contributed by atoms with Crippen LogP contribution in [0, 0.1) is 0 Å². The van der Waals surface area contributed by atoms with E-state index in [0.29, 0.717) is 18.0 Å². The molecule has 4 nitrogen and oxygen atoms in total. The van der Waals surface area contributed by atoms with Gasteiger partial charge in [0.05, 0.1) is 4.90 Å². The average Bonchev–Trinajstić information content (AvgIpc) is 2.62. The van der Waals surface area contributed by atoms with E-state index < -0.39 is 10.0 Å². The number of hydrogen-bond donors (Lipinski definition) is 0. The van der Waals surface area contributed by atoms with Gasteiger partial charge in [-0.15, -0.1) is 0 Å². The van der Waals surface area contributed by atoms with Crippen LogP contribution in [0.2, 0.25) is 0 Å². The molecule has 1 aliphatic heterocycles. The highest BCUT2D eigenvalue weighted by Crippen LogP contribution is 2.24. The molecule has 3 rings (SSSR count). The van der Waals surface area contributed by atoms with Gasteiger partial charge in [0, 0.05) is 36.2 Å². The molecule has 0 spiro atoms. The zero-order valence-corrected chi connectivity index (χ0v) is 17.6. The number of piperazine rings is 1. The zero-order chi connectivity index (χ0) is 18.7. The van der Waals surface area contributed by atoms with Crippen molar-refractivity contribution in [3.05, 3.63) is 64.6 Å². The molecule has 0 aliphatic carbocycles. The Morgan fingerprint density at radius 2 is 1.54 bits per heavy atom. The summed E-state index contributed by atoms with van der Waals surface area (Å²) in [6, 6.07) is 17.7. The quantitative estimate of drug-likeness (QED) is 0.715. The van der Waals surface area contributed by atoms with E-state index in [-0.39, 0.29) is 12.1 Å². The first-order valence-electron chi connectivity index (χ1n) is 8.93. The van der Waals surface area contributed by atoms with Gasteiger partial charge in [0.1, 0.15) is 0 Å². The van der Waals surface area contributed by atoms with Crippen molar-refractivity contribution in [2.75, 3.05) is 19.6 Å². The fourth-order valence-corrected chi connectivity index (χ4v) is 5.47. The monoisotopic (exact) mass is 436 g/mol. The van der Waals surface area contributed by atoms with E-state index in [1.54, 1.807) is 28.6 Å². The molecule has 1 fully saturated rings. The molecule has 1 heterocycles. The summed E-state index contributed by atoms with van der Waals surface area (Å²) in [4.78, 5) is 2.78. The van der Waals surface area contributed by atoms with Gasteiger partial charge in [-0.3, -0.25) is 4.90 Å². The summed E-state index contributed by atoms with van der Waals surface area (Å²) in [5, 5.41) is 0. The molecule has 0 aromatic heterocycles. The normalized spacial score (nSPS) is 22.4. The maximum Gasteiger partial charge on any atom is 0.243 e. The van der Waals surface area contributed by atoms with Gasteiger partial charge in [-0.2, -0.15) is 4.31 Å². The predicted octanol–water partition coefficient (Wildman–Crippen LogP) is 3.78. The Bertz CT molecular complexity index is 813. The fraction of sp³-hybridized carbons (Fsp3) is 0.400. The van der Waals surface area contributed by atoms with E-state index in [4.69, 9.17) is 0 Å². The summed E-state index contributed by atoms with van der Waals surface area (Å²) in [6.45, 7) is 6.23. The maximum atomic E-state index is 13.0. The molecule has 1 aliphatic rings. The Balaban J connectivity index is 1.68. The van der Waals surface area contributed by atoms with Crippen molar-refractivity contribution < 1.29 is 8.42 Å². The first-order chi connectivity index (χ1) is 12.4. The molecule has 6 heteroatoms. The minimum Gasteiger partial charge on any atom is -0.295 e. The number of rotatable bonds is 5. The van der Waals surface area contributed by atoms with Crippen molar-refractivity contribution in [2.24, 2.45) is 0 Å². The Hall–Kier alpha value is -1.21. The van der Waals surface area contributed by atoms with Crippen LogP contribution in [0.1, 0.15) is 19.4 Å². The fourth-order valence-electron chi connectivity index (χ4n) is 3.60. The van der Waals surface area contributed by atoms with E-state index in [1.807, 2.05) is 6.07 Å². The summed E-state index contributed by atoms with van der Waals surface area (Å²) in [5.41, 5.74) is 1.32. The second kappa shape index (κ2) is 8.21. The molecule has 0 bridgehead atoms. The van der Waals surface area contributed by atoms with Crippen molar-refractivity contribution in [3.63, 3.8) is 0 Å². The lowest BCUT2D eigenvalue weighted by atomic mass is 10.1. The lowest BCUT2D eigenvalue weighted by Crippen LogP contribution is -2.58. The number of nitrogens with zero attached hydrogens (tertiary/aromatic N) is 2. The van der Waals surface area contributed by atoms with Gasteiger partial charge < -0.3 is 0 Å². The molecule has 2 aromatic rings. The molecule has 0 N–H and O–H groups in total. The van der Waals surface area contributed by atoms with Gasteiger partial charge in [0.25, 0.3) is 0 Å². The third kappa shape index (κ3) is 4.36. The topological polar surface area (TPSA) is 40.6 Å². The third-order valence-electron chi connectivity index (χ3n) is 5.02. The van der Waals surface area contributed by atoms with E-state index in [2.05, 4.69) is 58.9 Å². The van der Waals surface area contributed by atoms with Crippen molar-refractivity contribution in [1.29, 1.82) is 0 Å². The average molecular weight is 437 g/mol. The van der Waals surface area contributed by atoms with E-state index in [1.165, 1.54) is 5.56 Å². The van der Waals surface area contributed by atoms with Crippen molar-refractivity contribution in [2.45, 2.75) is 37.2 Å². The number of sulfonamides is 1. The summed E-state index contributed by atoms with van der Waals surface area (Å²) in [7, 11) is -3.45. The first-order valence-corrected chi connectivity index (χ1v) is 11.2. The molecule has 2 unspecified atom stereocenters. The van der Waals surface area contributed by atoms with Crippen LogP contribution in [0.15, 0.2) is 64.0 Å². The van der Waals surface area contributed by atoms with Gasteiger partial charge in [0.15, 0.2) is 0 Å². The van der Waals surface area contributed by atoms with Crippen molar-refractivity contribution in [1.82, 2.24) is 9.21 Å². The van der Waals surface area contributed by atoms with Crippen molar-refractivity contribution >= 4 is 26.0 Å². The second-order valence-electron chi connectivity index (χ2n) is 6.95. The summed E-state index contributed by atoms with van der Waals surface area (Å²) in [5.74, 6) is 0. The van der Waals surface area contributed by atoms with Crippen LogP contribution < -0.4 is 0 Å². The highest BCUT2D eigenvalue weighted by atomic mass is 79.9. The van der Waals surface area contributed by atoms with Crippen LogP contribution in [-0.4, -0.2) is 49.3 Å². The van der Waals surface area contributed by atoms with Crippen LogP contribution in [0.25, 0.3) is 0 Å². The van der Waals surface area contributed by atoms with Crippen LogP contribution in [0.4, 0.5) is 0 Å². The lowest BCUT2D eigenvalue weighted by Gasteiger charge is -2.43. The number of hydrogen-bond acceptors (Lipinski definition) is 3. The molecule has 140 valence electrons. The highest BCUT2D eigenvalue weighted by Gasteiger charge is 2.35. The van der Waals surface area contributed by atoms with E-state index in [9.17, 15) is 8.42 Å². The molecule has 0 amide bonds. The summed E-state index contributed by atoms with van der Waals surface area (Å²) >= 11 is 3.36. The molecule has 0 saturated carbocycles. The van der Waals surface area contributed by atoms with E-state index >= 15 is 0 Å². The minimum absolute atomic E-state index is 0.188. The standard InChI is InChI=1S/C20H25BrN2O2S/c1-16-14-22(26(24,25)20-10-8-19(21)9-11-20)15-17(2)23(16)13-12-18-6-4-3-5-7-18/h3-11,16-17H,12-15H2,1-2H3. The van der Waals surface area contributed by atoms with Gasteiger partial charge >= 0.3 is 0 Å². The number of halogens is 1. The van der Waals surface area contributed by atoms with Crippen LogP contribution in [0.5, 0.6) is 0 Å². The molecule has 2 aromatic carbocycles. The van der Waals surface area contributed by atoms with Crippen LogP contribution >= 0.6 is 15.9 Å². The molecule has 2 atom stereocenters. The van der Waals surface area contributed by atoms with E-state index in [0.717, 1.165) is 17.4 Å². The largest absolute Gasteiger partial charge is 0.295 e. The Morgan fingerprint density at radius 3 is 2.12 bits per heavy atom. The van der Waals surface area contributed by atoms with Crippen molar-refractivity contribution in [3.8, 4) is 0 Å². The molecule has 26 heavy (non-hydrogen) atoms. The molecular weight excluding hydrogens is 412 g/mol. The highest BCUT2D eigenvalue weighted by molar-refractivity contribution is 9.10. The maximum absolute atomic E-state index is 13.0. The van der Waals surface area contributed by atoms with Gasteiger partial charge in [-0.1, -0.05) is 46.3 Å². The second-order valence-corrected chi connectivity index (χ2v) is 9.80. The Morgan fingerprint density at radius 1 is 0.962 bits per heavy atom. The predicted molar refractivity (Wildman–Crippen MR) is 109 cm³/mol. The lowest BCUT2D eigenvalue weighted by molar-refractivity contribution is 0.0784. The summed E-state index contributed by atoms with van der Waals surface area (Å²) in [6.07, 6.45) is 0.981. The third-order valence-corrected chi connectivity index (χ3v) is 7.40. The zero-order valence-electron chi connectivity index (χ0n) is 15.2. The first kappa shape index (κ1) is 19.5. The smallest absolute Gasteiger partial charge is 0.243 e. The molecule has 1 saturated heterocycles. The van der Waals surface area contributed by atoms with Gasteiger partial charge in [0.2, 0.25) is 10.0 Å². The molecule has 0 radical (unpaired) electrons. The van der Waals surface area contributed by atoms with Crippen LogP contribution in [0.3, 0.4) is 0 Å². The van der Waals surface area contributed by atoms with Crippen LogP contribution in [-0.2, 0) is 16.4 Å². The summed E-state index contributed by atoms with van der Waals surface area (Å²) < 4.78 is 28.4. The SMILES string of the molecule is CC1CN(S(=O)(=O)c2ccc(Br)cc2)CC(C)N1CCc1ccccc1. The van der Waals surface area contributed by atoms with Gasteiger partial charge in [-0.25, -0.2) is 8.42 Å².